The Kier molecular flexibility index (Phi) is 4.74. The largest absolute Gasteiger partial charge is 0.481 e. The number of carbonyl (C=O) groups excluding carboxylic acids is 1. The van der Waals surface area contributed by atoms with E-state index in [9.17, 15) is 9.59 Å². The lowest BCUT2D eigenvalue weighted by molar-refractivity contribution is -0.143. The number of likely N-dealkylation sites (tertiary alicyclic amines) is 1. The van der Waals surface area contributed by atoms with Crippen LogP contribution in [0.4, 0.5) is 5.69 Å². The number of piperidine rings is 1. The molecule has 1 atom stereocenters. The van der Waals surface area contributed by atoms with Gasteiger partial charge in [0, 0.05) is 25.7 Å². The zero-order valence-corrected chi connectivity index (χ0v) is 11.6. The molecular formula is C15H20N2O3. The van der Waals surface area contributed by atoms with E-state index in [1.54, 1.807) is 0 Å². The molecule has 20 heavy (non-hydrogen) atoms. The number of carbonyl (C=O) groups is 2. The van der Waals surface area contributed by atoms with E-state index in [1.165, 1.54) is 6.92 Å². The zero-order valence-electron chi connectivity index (χ0n) is 11.6. The van der Waals surface area contributed by atoms with Gasteiger partial charge in [-0.05, 0) is 37.1 Å². The SMILES string of the molecule is CC(=O)Nc1cccc(CN2CCCC(C(=O)O)C2)c1. The highest BCUT2D eigenvalue weighted by Crippen LogP contribution is 2.20. The number of hydrogen-bond donors (Lipinski definition) is 2. The average molecular weight is 276 g/mol. The molecular weight excluding hydrogens is 256 g/mol. The summed E-state index contributed by atoms with van der Waals surface area (Å²) < 4.78 is 0. The maximum atomic E-state index is 11.1. The molecule has 0 saturated carbocycles. The van der Waals surface area contributed by atoms with Crippen LogP contribution < -0.4 is 5.32 Å². The summed E-state index contributed by atoms with van der Waals surface area (Å²) in [7, 11) is 0. The maximum absolute atomic E-state index is 11.1. The first-order valence-corrected chi connectivity index (χ1v) is 6.86. The second-order valence-corrected chi connectivity index (χ2v) is 5.29. The van der Waals surface area contributed by atoms with Crippen LogP contribution in [0.5, 0.6) is 0 Å². The summed E-state index contributed by atoms with van der Waals surface area (Å²) in [4.78, 5) is 24.3. The van der Waals surface area contributed by atoms with Crippen molar-refractivity contribution in [1.82, 2.24) is 4.90 Å². The quantitative estimate of drug-likeness (QED) is 0.881. The Morgan fingerprint density at radius 3 is 2.95 bits per heavy atom. The molecule has 1 aliphatic rings. The number of nitrogens with zero attached hydrogens (tertiary/aromatic N) is 1. The Bertz CT molecular complexity index is 502. The third kappa shape index (κ3) is 4.06. The standard InChI is InChI=1S/C15H20N2O3/c1-11(18)16-14-6-2-4-12(8-14)9-17-7-3-5-13(10-17)15(19)20/h2,4,6,8,13H,3,5,7,9-10H2,1H3,(H,16,18)(H,19,20). The van der Waals surface area contributed by atoms with Crippen molar-refractivity contribution in [3.63, 3.8) is 0 Å². The van der Waals surface area contributed by atoms with Crippen LogP contribution in [-0.4, -0.2) is 35.0 Å². The van der Waals surface area contributed by atoms with Crippen molar-refractivity contribution in [3.8, 4) is 0 Å². The van der Waals surface area contributed by atoms with Gasteiger partial charge >= 0.3 is 5.97 Å². The number of rotatable bonds is 4. The van der Waals surface area contributed by atoms with Crippen LogP contribution in [0, 0.1) is 5.92 Å². The second-order valence-electron chi connectivity index (χ2n) is 5.29. The molecule has 2 N–H and O–H groups in total. The molecule has 1 aromatic rings. The molecule has 1 aliphatic heterocycles. The van der Waals surface area contributed by atoms with Crippen molar-refractivity contribution in [2.24, 2.45) is 5.92 Å². The first-order chi connectivity index (χ1) is 9.54. The fourth-order valence-corrected chi connectivity index (χ4v) is 2.61. The van der Waals surface area contributed by atoms with E-state index in [4.69, 9.17) is 5.11 Å². The highest BCUT2D eigenvalue weighted by Gasteiger charge is 2.25. The zero-order chi connectivity index (χ0) is 14.5. The van der Waals surface area contributed by atoms with Crippen molar-refractivity contribution in [2.45, 2.75) is 26.3 Å². The van der Waals surface area contributed by atoms with Gasteiger partial charge in [0.1, 0.15) is 0 Å². The number of carboxylic acids is 1. The van der Waals surface area contributed by atoms with Crippen LogP contribution >= 0.6 is 0 Å². The molecule has 1 aromatic carbocycles. The molecule has 108 valence electrons. The highest BCUT2D eigenvalue weighted by molar-refractivity contribution is 5.88. The molecule has 1 heterocycles. The number of hydrogen-bond acceptors (Lipinski definition) is 3. The van der Waals surface area contributed by atoms with E-state index in [0.29, 0.717) is 6.54 Å². The fourth-order valence-electron chi connectivity index (χ4n) is 2.61. The highest BCUT2D eigenvalue weighted by atomic mass is 16.4. The number of aliphatic carboxylic acids is 1. The van der Waals surface area contributed by atoms with Gasteiger partial charge in [-0.2, -0.15) is 0 Å². The summed E-state index contributed by atoms with van der Waals surface area (Å²) in [6.07, 6.45) is 1.68. The lowest BCUT2D eigenvalue weighted by atomic mass is 9.98. The van der Waals surface area contributed by atoms with Gasteiger partial charge in [0.25, 0.3) is 0 Å². The van der Waals surface area contributed by atoms with Gasteiger partial charge in [-0.3, -0.25) is 14.5 Å². The van der Waals surface area contributed by atoms with Crippen molar-refractivity contribution in [3.05, 3.63) is 29.8 Å². The molecule has 1 amide bonds. The maximum Gasteiger partial charge on any atom is 0.307 e. The van der Waals surface area contributed by atoms with Crippen LogP contribution in [0.2, 0.25) is 0 Å². The average Bonchev–Trinajstić information content (AvgIpc) is 2.38. The number of nitrogens with one attached hydrogen (secondary N) is 1. The Labute approximate surface area is 118 Å². The predicted octanol–water partition coefficient (Wildman–Crippen LogP) is 1.94. The van der Waals surface area contributed by atoms with Crippen molar-refractivity contribution in [2.75, 3.05) is 18.4 Å². The van der Waals surface area contributed by atoms with E-state index in [-0.39, 0.29) is 11.8 Å². The Morgan fingerprint density at radius 1 is 1.45 bits per heavy atom. The van der Waals surface area contributed by atoms with Crippen LogP contribution in [-0.2, 0) is 16.1 Å². The Morgan fingerprint density at radius 2 is 2.25 bits per heavy atom. The summed E-state index contributed by atoms with van der Waals surface area (Å²) in [6, 6.07) is 7.68. The molecule has 0 spiro atoms. The van der Waals surface area contributed by atoms with Crippen LogP contribution in [0.15, 0.2) is 24.3 Å². The van der Waals surface area contributed by atoms with E-state index < -0.39 is 5.97 Å². The van der Waals surface area contributed by atoms with Crippen molar-refractivity contribution < 1.29 is 14.7 Å². The Hall–Kier alpha value is -1.88. The number of anilines is 1. The van der Waals surface area contributed by atoms with Gasteiger partial charge in [0.05, 0.1) is 5.92 Å². The number of benzene rings is 1. The van der Waals surface area contributed by atoms with Gasteiger partial charge in [0.15, 0.2) is 0 Å². The minimum atomic E-state index is -0.707. The minimum Gasteiger partial charge on any atom is -0.481 e. The van der Waals surface area contributed by atoms with Crippen molar-refractivity contribution in [1.29, 1.82) is 0 Å². The summed E-state index contributed by atoms with van der Waals surface area (Å²) in [6.45, 7) is 3.72. The molecule has 2 rings (SSSR count). The van der Waals surface area contributed by atoms with Crippen LogP contribution in [0.3, 0.4) is 0 Å². The minimum absolute atomic E-state index is 0.0916. The van der Waals surface area contributed by atoms with Gasteiger partial charge in [0.2, 0.25) is 5.91 Å². The molecule has 0 aliphatic carbocycles. The molecule has 5 nitrogen and oxygen atoms in total. The molecule has 1 fully saturated rings. The lowest BCUT2D eigenvalue weighted by Gasteiger charge is -2.30. The number of amides is 1. The third-order valence-electron chi connectivity index (χ3n) is 3.51. The fraction of sp³-hybridized carbons (Fsp3) is 0.467. The van der Waals surface area contributed by atoms with E-state index in [2.05, 4.69) is 10.2 Å². The topological polar surface area (TPSA) is 69.6 Å². The molecule has 5 heteroatoms. The van der Waals surface area contributed by atoms with E-state index >= 15 is 0 Å². The van der Waals surface area contributed by atoms with Gasteiger partial charge < -0.3 is 10.4 Å². The van der Waals surface area contributed by atoms with E-state index in [0.717, 1.165) is 37.2 Å². The van der Waals surface area contributed by atoms with Crippen LogP contribution in [0.1, 0.15) is 25.3 Å². The second kappa shape index (κ2) is 6.52. The van der Waals surface area contributed by atoms with E-state index in [1.807, 2.05) is 24.3 Å². The first-order valence-electron chi connectivity index (χ1n) is 6.86. The predicted molar refractivity (Wildman–Crippen MR) is 76.4 cm³/mol. The normalized spacial score (nSPS) is 19.6. The Balaban J connectivity index is 1.98. The van der Waals surface area contributed by atoms with Crippen molar-refractivity contribution >= 4 is 17.6 Å². The summed E-state index contributed by atoms with van der Waals surface area (Å²) in [5.41, 5.74) is 1.86. The third-order valence-corrected chi connectivity index (χ3v) is 3.51. The summed E-state index contributed by atoms with van der Waals surface area (Å²) in [5, 5.41) is 11.8. The van der Waals surface area contributed by atoms with Gasteiger partial charge in [-0.25, -0.2) is 0 Å². The molecule has 1 saturated heterocycles. The molecule has 0 bridgehead atoms. The monoisotopic (exact) mass is 276 g/mol. The molecule has 0 radical (unpaired) electrons. The van der Waals surface area contributed by atoms with Crippen LogP contribution in [0.25, 0.3) is 0 Å². The van der Waals surface area contributed by atoms with Gasteiger partial charge in [-0.15, -0.1) is 0 Å². The molecule has 0 aromatic heterocycles. The number of carboxylic acid groups (broad SMARTS) is 1. The van der Waals surface area contributed by atoms with Gasteiger partial charge in [-0.1, -0.05) is 12.1 Å². The first kappa shape index (κ1) is 14.5. The summed E-state index contributed by atoms with van der Waals surface area (Å²) >= 11 is 0. The summed E-state index contributed by atoms with van der Waals surface area (Å²) in [5.74, 6) is -1.06. The lowest BCUT2D eigenvalue weighted by Crippen LogP contribution is -2.38. The smallest absolute Gasteiger partial charge is 0.307 e. The molecule has 1 unspecified atom stereocenters.